The van der Waals surface area contributed by atoms with Crippen LogP contribution in [0.15, 0.2) is 39.7 Å². The van der Waals surface area contributed by atoms with Crippen molar-refractivity contribution in [3.05, 3.63) is 57.6 Å². The van der Waals surface area contributed by atoms with Gasteiger partial charge in [-0.1, -0.05) is 0 Å². The number of hydrogen-bond acceptors (Lipinski definition) is 5. The third-order valence-electron chi connectivity index (χ3n) is 2.60. The number of carboxylic acid groups (broad SMARTS) is 1. The molecule has 0 fully saturated rings. The quantitative estimate of drug-likeness (QED) is 0.770. The fraction of sp³-hybridized carbons (Fsp3) is 0.0769. The minimum Gasteiger partial charge on any atom is -0.508 e. The first kappa shape index (κ1) is 12.7. The largest absolute Gasteiger partial charge is 0.508 e. The van der Waals surface area contributed by atoms with Crippen LogP contribution in [0, 0.1) is 0 Å². The van der Waals surface area contributed by atoms with Gasteiger partial charge in [0.15, 0.2) is 5.76 Å². The molecule has 3 N–H and O–H groups in total. The van der Waals surface area contributed by atoms with Gasteiger partial charge in [-0.3, -0.25) is 4.79 Å². The van der Waals surface area contributed by atoms with E-state index in [-0.39, 0.29) is 29.1 Å². The molecule has 2 rings (SSSR count). The molecule has 0 unspecified atom stereocenters. The Morgan fingerprint density at radius 3 is 2.63 bits per heavy atom. The number of phenolic OH excluding ortho intramolecular Hbond substituents is 1. The molecule has 2 aromatic rings. The lowest BCUT2D eigenvalue weighted by molar-refractivity contribution is 0.0695. The van der Waals surface area contributed by atoms with E-state index in [1.54, 1.807) is 0 Å². The van der Waals surface area contributed by atoms with Crippen molar-refractivity contribution in [2.45, 2.75) is 6.42 Å². The van der Waals surface area contributed by atoms with E-state index in [0.29, 0.717) is 0 Å². The smallest absolute Gasteiger partial charge is 0.335 e. The summed E-state index contributed by atoms with van der Waals surface area (Å²) in [4.78, 5) is 22.3. The average Bonchev–Trinajstić information content (AvgIpc) is 2.35. The highest BCUT2D eigenvalue weighted by Gasteiger charge is 2.15. The number of aromatic carboxylic acids is 1. The lowest BCUT2D eigenvalue weighted by Crippen LogP contribution is -2.05. The lowest BCUT2D eigenvalue weighted by Gasteiger charge is -2.07. The Balaban J connectivity index is 2.48. The van der Waals surface area contributed by atoms with Gasteiger partial charge in [0.25, 0.3) is 0 Å². The Bertz CT molecular complexity index is 686. The van der Waals surface area contributed by atoms with Gasteiger partial charge in [-0.25, -0.2) is 4.79 Å². The molecule has 0 saturated heterocycles. The number of aromatic hydroxyl groups is 2. The Kier molecular flexibility index (Phi) is 3.24. The molecule has 1 aromatic carbocycles. The molecule has 0 amide bonds. The summed E-state index contributed by atoms with van der Waals surface area (Å²) in [5.74, 6) is -1.91. The van der Waals surface area contributed by atoms with Crippen LogP contribution in [-0.4, -0.2) is 21.3 Å². The standard InChI is InChI=1S/C13H10O6/c14-8-1-2-9(13(17)18)7(5-8)6-11-12(16)10(15)3-4-19-11/h1-5,14,16H,6H2,(H,17,18). The first-order chi connectivity index (χ1) is 8.99. The zero-order valence-corrected chi connectivity index (χ0v) is 9.66. The van der Waals surface area contributed by atoms with Crippen molar-refractivity contribution in [2.24, 2.45) is 0 Å². The summed E-state index contributed by atoms with van der Waals surface area (Å²) in [7, 11) is 0. The second kappa shape index (κ2) is 4.85. The van der Waals surface area contributed by atoms with E-state index < -0.39 is 17.1 Å². The van der Waals surface area contributed by atoms with Gasteiger partial charge in [-0.05, 0) is 23.8 Å². The Morgan fingerprint density at radius 1 is 1.21 bits per heavy atom. The van der Waals surface area contributed by atoms with Crippen LogP contribution in [0.5, 0.6) is 11.5 Å². The van der Waals surface area contributed by atoms with Crippen LogP contribution in [-0.2, 0) is 6.42 Å². The van der Waals surface area contributed by atoms with Crippen LogP contribution >= 0.6 is 0 Å². The fourth-order valence-corrected chi connectivity index (χ4v) is 1.68. The van der Waals surface area contributed by atoms with E-state index in [9.17, 15) is 19.8 Å². The number of hydrogen-bond donors (Lipinski definition) is 3. The number of benzene rings is 1. The van der Waals surface area contributed by atoms with E-state index in [0.717, 1.165) is 12.3 Å². The highest BCUT2D eigenvalue weighted by atomic mass is 16.4. The SMILES string of the molecule is O=C(O)c1ccc(O)cc1Cc1occc(=O)c1O. The molecular formula is C13H10O6. The first-order valence-electron chi connectivity index (χ1n) is 5.34. The van der Waals surface area contributed by atoms with Crippen molar-refractivity contribution < 1.29 is 24.5 Å². The van der Waals surface area contributed by atoms with Crippen LogP contribution < -0.4 is 5.43 Å². The molecule has 19 heavy (non-hydrogen) atoms. The maximum Gasteiger partial charge on any atom is 0.335 e. The lowest BCUT2D eigenvalue weighted by atomic mass is 10.0. The molecular weight excluding hydrogens is 252 g/mol. The molecule has 0 aliphatic heterocycles. The third kappa shape index (κ3) is 2.57. The van der Waals surface area contributed by atoms with Gasteiger partial charge < -0.3 is 19.7 Å². The number of rotatable bonds is 3. The van der Waals surface area contributed by atoms with Crippen LogP contribution in [0.2, 0.25) is 0 Å². The number of phenols is 1. The molecule has 0 aliphatic rings. The van der Waals surface area contributed by atoms with Gasteiger partial charge in [-0.2, -0.15) is 0 Å². The highest BCUT2D eigenvalue weighted by Crippen LogP contribution is 2.22. The predicted molar refractivity (Wildman–Crippen MR) is 64.5 cm³/mol. The van der Waals surface area contributed by atoms with E-state index in [1.165, 1.54) is 18.2 Å². The summed E-state index contributed by atoms with van der Waals surface area (Å²) in [5.41, 5.74) is -0.417. The topological polar surface area (TPSA) is 108 Å². The van der Waals surface area contributed by atoms with E-state index in [2.05, 4.69) is 0 Å². The van der Waals surface area contributed by atoms with Crippen LogP contribution in [0.1, 0.15) is 21.7 Å². The molecule has 0 aliphatic carbocycles. The molecule has 1 heterocycles. The van der Waals surface area contributed by atoms with Gasteiger partial charge in [0.1, 0.15) is 5.75 Å². The zero-order chi connectivity index (χ0) is 14.0. The van der Waals surface area contributed by atoms with Gasteiger partial charge in [-0.15, -0.1) is 0 Å². The molecule has 6 heteroatoms. The minimum absolute atomic E-state index is 0.0382. The van der Waals surface area contributed by atoms with Crippen molar-refractivity contribution in [3.63, 3.8) is 0 Å². The second-order valence-electron chi connectivity index (χ2n) is 3.88. The first-order valence-corrected chi connectivity index (χ1v) is 5.34. The van der Waals surface area contributed by atoms with Crippen molar-refractivity contribution in [3.8, 4) is 11.5 Å². The van der Waals surface area contributed by atoms with E-state index >= 15 is 0 Å². The van der Waals surface area contributed by atoms with Crippen LogP contribution in [0.25, 0.3) is 0 Å². The summed E-state index contributed by atoms with van der Waals surface area (Å²) < 4.78 is 4.99. The summed E-state index contributed by atoms with van der Waals surface area (Å²) in [6, 6.07) is 4.79. The molecule has 0 bridgehead atoms. The fourth-order valence-electron chi connectivity index (χ4n) is 1.68. The summed E-state index contributed by atoms with van der Waals surface area (Å²) in [6.45, 7) is 0. The van der Waals surface area contributed by atoms with Gasteiger partial charge in [0.05, 0.1) is 11.8 Å². The van der Waals surface area contributed by atoms with Gasteiger partial charge in [0, 0.05) is 12.5 Å². The minimum atomic E-state index is -1.17. The monoisotopic (exact) mass is 262 g/mol. The predicted octanol–water partition coefficient (Wildman–Crippen LogP) is 1.34. The maximum absolute atomic E-state index is 11.2. The molecule has 6 nitrogen and oxygen atoms in total. The molecule has 0 atom stereocenters. The highest BCUT2D eigenvalue weighted by molar-refractivity contribution is 5.89. The zero-order valence-electron chi connectivity index (χ0n) is 9.66. The number of carboxylic acids is 1. The maximum atomic E-state index is 11.2. The molecule has 0 spiro atoms. The normalized spacial score (nSPS) is 10.3. The number of carbonyl (C=O) groups is 1. The van der Waals surface area contributed by atoms with Crippen LogP contribution in [0.3, 0.4) is 0 Å². The second-order valence-corrected chi connectivity index (χ2v) is 3.88. The summed E-state index contributed by atoms with van der Waals surface area (Å²) in [5, 5.41) is 27.9. The van der Waals surface area contributed by atoms with Crippen molar-refractivity contribution in [2.75, 3.05) is 0 Å². The molecule has 98 valence electrons. The summed E-state index contributed by atoms with van der Waals surface area (Å²) in [6.07, 6.45) is 0.999. The van der Waals surface area contributed by atoms with Crippen molar-refractivity contribution in [1.29, 1.82) is 0 Å². The van der Waals surface area contributed by atoms with Crippen LogP contribution in [0.4, 0.5) is 0 Å². The summed E-state index contributed by atoms with van der Waals surface area (Å²) >= 11 is 0. The van der Waals surface area contributed by atoms with Crippen molar-refractivity contribution in [1.82, 2.24) is 0 Å². The van der Waals surface area contributed by atoms with Gasteiger partial charge in [0.2, 0.25) is 11.2 Å². The molecule has 0 radical (unpaired) electrons. The van der Waals surface area contributed by atoms with E-state index in [4.69, 9.17) is 9.52 Å². The van der Waals surface area contributed by atoms with E-state index in [1.807, 2.05) is 0 Å². The molecule has 0 saturated carbocycles. The Morgan fingerprint density at radius 2 is 1.95 bits per heavy atom. The van der Waals surface area contributed by atoms with Gasteiger partial charge >= 0.3 is 5.97 Å². The third-order valence-corrected chi connectivity index (χ3v) is 2.60. The Labute approximate surface area is 107 Å². The molecule has 1 aromatic heterocycles. The average molecular weight is 262 g/mol. The Hall–Kier alpha value is -2.76. The van der Waals surface area contributed by atoms with Crippen molar-refractivity contribution >= 4 is 5.97 Å².